The van der Waals surface area contributed by atoms with Crippen LogP contribution in [0, 0.1) is 0 Å². The van der Waals surface area contributed by atoms with Crippen LogP contribution in [-0.2, 0) is 0 Å². The number of ether oxygens (including phenoxy) is 2. The Morgan fingerprint density at radius 3 is 1.53 bits per heavy atom. The average Bonchev–Trinajstić information content (AvgIpc) is 2.27. The summed E-state index contributed by atoms with van der Waals surface area (Å²) in [6.45, 7) is 8.75. The molecule has 0 spiro atoms. The zero-order valence-corrected chi connectivity index (χ0v) is 11.7. The summed E-state index contributed by atoms with van der Waals surface area (Å²) in [7, 11) is 3.35. The van der Waals surface area contributed by atoms with Crippen molar-refractivity contribution in [2.75, 3.05) is 19.1 Å². The lowest BCUT2D eigenvalue weighted by Gasteiger charge is -2.33. The van der Waals surface area contributed by atoms with Crippen LogP contribution in [0.3, 0.4) is 0 Å². The summed E-state index contributed by atoms with van der Waals surface area (Å²) in [5, 5.41) is 0. The Kier molecular flexibility index (Phi) is 4.67. The van der Waals surface area contributed by atoms with E-state index in [1.165, 1.54) is 0 Å². The molecule has 1 rings (SSSR count). The van der Waals surface area contributed by atoms with Crippen LogP contribution in [0.4, 0.5) is 5.69 Å². The van der Waals surface area contributed by atoms with Crippen LogP contribution < -0.4 is 14.4 Å². The molecule has 0 aliphatic rings. The van der Waals surface area contributed by atoms with Gasteiger partial charge in [-0.1, -0.05) is 0 Å². The Balaban J connectivity index is 3.17. The van der Waals surface area contributed by atoms with Gasteiger partial charge in [-0.05, 0) is 27.7 Å². The molecule has 0 saturated heterocycles. The molecule has 0 amide bonds. The lowest BCUT2D eigenvalue weighted by Crippen LogP contribution is -2.36. The SMILES string of the molecule is COc1cc(OC)cc(N(C(C)C)C(C)C)c1. The van der Waals surface area contributed by atoms with Gasteiger partial charge < -0.3 is 14.4 Å². The highest BCUT2D eigenvalue weighted by atomic mass is 16.5. The van der Waals surface area contributed by atoms with E-state index < -0.39 is 0 Å². The Morgan fingerprint density at radius 1 is 0.824 bits per heavy atom. The fraction of sp³-hybridized carbons (Fsp3) is 0.571. The van der Waals surface area contributed by atoms with E-state index in [2.05, 4.69) is 32.6 Å². The van der Waals surface area contributed by atoms with Gasteiger partial charge in [-0.15, -0.1) is 0 Å². The molecule has 0 N–H and O–H groups in total. The number of methoxy groups -OCH3 is 2. The van der Waals surface area contributed by atoms with Gasteiger partial charge in [-0.3, -0.25) is 0 Å². The smallest absolute Gasteiger partial charge is 0.124 e. The lowest BCUT2D eigenvalue weighted by molar-refractivity contribution is 0.394. The Hall–Kier alpha value is -1.38. The number of nitrogens with zero attached hydrogens (tertiary/aromatic N) is 1. The highest BCUT2D eigenvalue weighted by molar-refractivity contribution is 5.56. The molecule has 0 saturated carbocycles. The zero-order valence-electron chi connectivity index (χ0n) is 11.7. The van der Waals surface area contributed by atoms with Crippen molar-refractivity contribution < 1.29 is 9.47 Å². The Morgan fingerprint density at radius 2 is 1.24 bits per heavy atom. The first-order valence-corrected chi connectivity index (χ1v) is 6.01. The molecule has 0 aromatic heterocycles. The van der Waals surface area contributed by atoms with E-state index in [0.29, 0.717) is 12.1 Å². The third-order valence-electron chi connectivity index (χ3n) is 2.75. The fourth-order valence-electron chi connectivity index (χ4n) is 2.13. The molecule has 1 aromatic rings. The largest absolute Gasteiger partial charge is 0.497 e. The Labute approximate surface area is 104 Å². The van der Waals surface area contributed by atoms with Crippen molar-refractivity contribution >= 4 is 5.69 Å². The van der Waals surface area contributed by atoms with E-state index in [-0.39, 0.29) is 0 Å². The predicted octanol–water partition coefficient (Wildman–Crippen LogP) is 3.33. The fourth-order valence-corrected chi connectivity index (χ4v) is 2.13. The molecule has 0 fully saturated rings. The van der Waals surface area contributed by atoms with Gasteiger partial charge >= 0.3 is 0 Å². The van der Waals surface area contributed by atoms with Gasteiger partial charge in [0.15, 0.2) is 0 Å². The quantitative estimate of drug-likeness (QED) is 0.784. The highest BCUT2D eigenvalue weighted by Gasteiger charge is 2.16. The highest BCUT2D eigenvalue weighted by Crippen LogP contribution is 2.30. The van der Waals surface area contributed by atoms with E-state index in [0.717, 1.165) is 17.2 Å². The molecule has 0 heterocycles. The monoisotopic (exact) mass is 237 g/mol. The molecule has 96 valence electrons. The first-order chi connectivity index (χ1) is 7.99. The number of hydrogen-bond donors (Lipinski definition) is 0. The number of hydrogen-bond acceptors (Lipinski definition) is 3. The van der Waals surface area contributed by atoms with Crippen LogP contribution in [-0.4, -0.2) is 26.3 Å². The second kappa shape index (κ2) is 5.80. The number of rotatable bonds is 5. The number of anilines is 1. The van der Waals surface area contributed by atoms with E-state index in [9.17, 15) is 0 Å². The second-order valence-electron chi connectivity index (χ2n) is 4.67. The summed E-state index contributed by atoms with van der Waals surface area (Å²) in [5.74, 6) is 1.65. The van der Waals surface area contributed by atoms with Crippen molar-refractivity contribution in [2.45, 2.75) is 39.8 Å². The third kappa shape index (κ3) is 3.29. The first-order valence-electron chi connectivity index (χ1n) is 6.01. The summed E-state index contributed by atoms with van der Waals surface area (Å²) in [6, 6.07) is 6.85. The van der Waals surface area contributed by atoms with Gasteiger partial charge in [-0.25, -0.2) is 0 Å². The number of benzene rings is 1. The second-order valence-corrected chi connectivity index (χ2v) is 4.67. The van der Waals surface area contributed by atoms with Crippen molar-refractivity contribution in [3.05, 3.63) is 18.2 Å². The molecule has 3 heteroatoms. The molecule has 0 aliphatic carbocycles. The van der Waals surface area contributed by atoms with Crippen molar-refractivity contribution in [3.8, 4) is 11.5 Å². The molecule has 0 bridgehead atoms. The minimum absolute atomic E-state index is 0.437. The molecule has 0 atom stereocenters. The van der Waals surface area contributed by atoms with Gasteiger partial charge in [0.1, 0.15) is 11.5 Å². The van der Waals surface area contributed by atoms with Gasteiger partial charge in [0.05, 0.1) is 14.2 Å². The third-order valence-corrected chi connectivity index (χ3v) is 2.75. The van der Waals surface area contributed by atoms with Crippen LogP contribution in [0.25, 0.3) is 0 Å². The van der Waals surface area contributed by atoms with Crippen molar-refractivity contribution in [2.24, 2.45) is 0 Å². The van der Waals surface area contributed by atoms with Crippen LogP contribution in [0.2, 0.25) is 0 Å². The summed E-state index contributed by atoms with van der Waals surface area (Å²) in [5.41, 5.74) is 1.13. The maximum Gasteiger partial charge on any atom is 0.124 e. The van der Waals surface area contributed by atoms with Gasteiger partial charge in [-0.2, -0.15) is 0 Å². The van der Waals surface area contributed by atoms with Crippen molar-refractivity contribution in [1.82, 2.24) is 0 Å². The standard InChI is InChI=1S/C14H23NO2/c1-10(2)15(11(3)4)12-7-13(16-5)9-14(8-12)17-6/h7-11H,1-6H3. The average molecular weight is 237 g/mol. The van der Waals surface area contributed by atoms with Crippen LogP contribution >= 0.6 is 0 Å². The van der Waals surface area contributed by atoms with Crippen molar-refractivity contribution in [3.63, 3.8) is 0 Å². The van der Waals surface area contributed by atoms with Crippen LogP contribution in [0.15, 0.2) is 18.2 Å². The molecule has 0 aliphatic heterocycles. The molecule has 3 nitrogen and oxygen atoms in total. The minimum Gasteiger partial charge on any atom is -0.497 e. The van der Waals surface area contributed by atoms with Gasteiger partial charge in [0.25, 0.3) is 0 Å². The maximum absolute atomic E-state index is 5.30. The topological polar surface area (TPSA) is 21.7 Å². The molecule has 17 heavy (non-hydrogen) atoms. The molecular weight excluding hydrogens is 214 g/mol. The summed E-state index contributed by atoms with van der Waals surface area (Å²) in [4.78, 5) is 2.34. The summed E-state index contributed by atoms with van der Waals surface area (Å²) in [6.07, 6.45) is 0. The van der Waals surface area contributed by atoms with E-state index in [1.807, 2.05) is 18.2 Å². The van der Waals surface area contributed by atoms with E-state index >= 15 is 0 Å². The molecule has 1 aromatic carbocycles. The summed E-state index contributed by atoms with van der Waals surface area (Å²) < 4.78 is 10.6. The van der Waals surface area contributed by atoms with Crippen molar-refractivity contribution in [1.29, 1.82) is 0 Å². The molecule has 0 radical (unpaired) electrons. The maximum atomic E-state index is 5.30. The molecular formula is C14H23NO2. The normalized spacial score (nSPS) is 10.8. The van der Waals surface area contributed by atoms with Gasteiger partial charge in [0, 0.05) is 36.0 Å². The van der Waals surface area contributed by atoms with E-state index in [4.69, 9.17) is 9.47 Å². The minimum atomic E-state index is 0.437. The summed E-state index contributed by atoms with van der Waals surface area (Å²) >= 11 is 0. The first kappa shape index (κ1) is 13.7. The Bertz CT molecular complexity index is 331. The molecule has 0 unspecified atom stereocenters. The lowest BCUT2D eigenvalue weighted by atomic mass is 10.1. The van der Waals surface area contributed by atoms with Crippen LogP contribution in [0.5, 0.6) is 11.5 Å². The van der Waals surface area contributed by atoms with Gasteiger partial charge in [0.2, 0.25) is 0 Å². The zero-order chi connectivity index (χ0) is 13.0. The van der Waals surface area contributed by atoms with Crippen LogP contribution in [0.1, 0.15) is 27.7 Å². The van der Waals surface area contributed by atoms with E-state index in [1.54, 1.807) is 14.2 Å². The predicted molar refractivity (Wildman–Crippen MR) is 72.3 cm³/mol.